The van der Waals surface area contributed by atoms with Crippen LogP contribution in [0.2, 0.25) is 0 Å². The van der Waals surface area contributed by atoms with Gasteiger partial charge in [0.05, 0.1) is 7.11 Å². The molecule has 0 heterocycles. The van der Waals surface area contributed by atoms with Crippen LogP contribution in [0.4, 0.5) is 0 Å². The molecule has 1 N–H and O–H groups in total. The smallest absolute Gasteiger partial charge is 0.161 e. The van der Waals surface area contributed by atoms with Gasteiger partial charge < -0.3 is 14.8 Å². The van der Waals surface area contributed by atoms with E-state index in [0.29, 0.717) is 12.0 Å². The van der Waals surface area contributed by atoms with Crippen LogP contribution in [-0.4, -0.2) is 26.8 Å². The minimum atomic E-state index is 0.546. The highest BCUT2D eigenvalue weighted by Crippen LogP contribution is 2.40. The molecular formula is C17H27NO2. The highest BCUT2D eigenvalue weighted by Gasteiger charge is 2.31. The largest absolute Gasteiger partial charge is 0.493 e. The van der Waals surface area contributed by atoms with Crippen molar-refractivity contribution >= 4 is 0 Å². The zero-order chi connectivity index (χ0) is 14.3. The molecule has 112 valence electrons. The molecule has 0 atom stereocenters. The van der Waals surface area contributed by atoms with Crippen molar-refractivity contribution in [2.75, 3.05) is 26.8 Å². The van der Waals surface area contributed by atoms with Crippen molar-refractivity contribution in [1.29, 1.82) is 0 Å². The van der Waals surface area contributed by atoms with Gasteiger partial charge in [-0.25, -0.2) is 0 Å². The average molecular weight is 277 g/mol. The first kappa shape index (κ1) is 15.2. The Balaban J connectivity index is 1.69. The molecule has 0 unspecified atom stereocenters. The number of hydrogen-bond acceptors (Lipinski definition) is 3. The van der Waals surface area contributed by atoms with Crippen LogP contribution in [0.5, 0.6) is 11.5 Å². The number of nitrogens with one attached hydrogen (secondary N) is 1. The zero-order valence-corrected chi connectivity index (χ0v) is 12.8. The van der Waals surface area contributed by atoms with E-state index in [1.165, 1.54) is 32.1 Å². The maximum atomic E-state index is 5.77. The predicted molar refractivity (Wildman–Crippen MR) is 82.6 cm³/mol. The average Bonchev–Trinajstić information content (AvgIpc) is 2.97. The lowest BCUT2D eigenvalue weighted by Crippen LogP contribution is -2.33. The second-order valence-corrected chi connectivity index (χ2v) is 5.74. The number of benzene rings is 1. The maximum absolute atomic E-state index is 5.77. The third kappa shape index (κ3) is 3.89. The highest BCUT2D eigenvalue weighted by atomic mass is 16.5. The predicted octanol–water partition coefficient (Wildman–Crippen LogP) is 3.63. The second kappa shape index (κ2) is 7.53. The van der Waals surface area contributed by atoms with Gasteiger partial charge in [-0.15, -0.1) is 0 Å². The van der Waals surface area contributed by atoms with Crippen LogP contribution in [0.1, 0.15) is 39.0 Å². The van der Waals surface area contributed by atoms with E-state index in [0.717, 1.165) is 24.6 Å². The topological polar surface area (TPSA) is 30.5 Å². The molecule has 0 aromatic heterocycles. The van der Waals surface area contributed by atoms with E-state index < -0.39 is 0 Å². The standard InChI is InChI=1S/C17H27NO2/c1-3-17(10-6-7-11-17)14-18-12-13-20-16-9-5-4-8-15(16)19-2/h4-5,8-9,18H,3,6-7,10-14H2,1-2H3. The van der Waals surface area contributed by atoms with Crippen LogP contribution >= 0.6 is 0 Å². The van der Waals surface area contributed by atoms with Gasteiger partial charge in [-0.05, 0) is 36.8 Å². The van der Waals surface area contributed by atoms with Crippen molar-refractivity contribution < 1.29 is 9.47 Å². The molecule has 1 fully saturated rings. The normalized spacial score (nSPS) is 17.1. The summed E-state index contributed by atoms with van der Waals surface area (Å²) in [6, 6.07) is 7.79. The Morgan fingerprint density at radius 1 is 1.15 bits per heavy atom. The Kier molecular flexibility index (Phi) is 5.72. The lowest BCUT2D eigenvalue weighted by Gasteiger charge is -2.27. The Hall–Kier alpha value is -1.22. The molecule has 20 heavy (non-hydrogen) atoms. The van der Waals surface area contributed by atoms with Crippen LogP contribution < -0.4 is 14.8 Å². The van der Waals surface area contributed by atoms with Crippen LogP contribution in [0, 0.1) is 5.41 Å². The maximum Gasteiger partial charge on any atom is 0.161 e. The molecular weight excluding hydrogens is 250 g/mol. The van der Waals surface area contributed by atoms with Crippen molar-refractivity contribution in [3.8, 4) is 11.5 Å². The van der Waals surface area contributed by atoms with Crippen molar-refractivity contribution in [3.63, 3.8) is 0 Å². The summed E-state index contributed by atoms with van der Waals surface area (Å²) < 4.78 is 11.0. The monoisotopic (exact) mass is 277 g/mol. The Morgan fingerprint density at radius 3 is 2.50 bits per heavy atom. The van der Waals surface area contributed by atoms with Crippen molar-refractivity contribution in [2.24, 2.45) is 5.41 Å². The molecule has 1 saturated carbocycles. The van der Waals surface area contributed by atoms with Crippen molar-refractivity contribution in [3.05, 3.63) is 24.3 Å². The molecule has 1 aliphatic carbocycles. The summed E-state index contributed by atoms with van der Waals surface area (Å²) in [7, 11) is 1.67. The summed E-state index contributed by atoms with van der Waals surface area (Å²) in [5.41, 5.74) is 0.546. The Labute approximate surface area is 122 Å². The van der Waals surface area contributed by atoms with Crippen LogP contribution in [0.3, 0.4) is 0 Å². The molecule has 0 radical (unpaired) electrons. The van der Waals surface area contributed by atoms with E-state index >= 15 is 0 Å². The van der Waals surface area contributed by atoms with Crippen LogP contribution in [0.25, 0.3) is 0 Å². The summed E-state index contributed by atoms with van der Waals surface area (Å²) in [6.07, 6.45) is 6.83. The molecule has 0 amide bonds. The molecule has 0 spiro atoms. The fourth-order valence-corrected chi connectivity index (χ4v) is 3.11. The number of hydrogen-bond donors (Lipinski definition) is 1. The lowest BCUT2D eigenvalue weighted by atomic mass is 9.83. The van der Waals surface area contributed by atoms with E-state index in [1.807, 2.05) is 24.3 Å². The Morgan fingerprint density at radius 2 is 1.85 bits per heavy atom. The minimum Gasteiger partial charge on any atom is -0.493 e. The molecule has 0 bridgehead atoms. The Bertz CT molecular complexity index is 400. The van der Waals surface area contributed by atoms with Gasteiger partial charge in [0.15, 0.2) is 11.5 Å². The fourth-order valence-electron chi connectivity index (χ4n) is 3.11. The van der Waals surface area contributed by atoms with Gasteiger partial charge in [0.1, 0.15) is 6.61 Å². The second-order valence-electron chi connectivity index (χ2n) is 5.74. The molecule has 2 rings (SSSR count). The molecule has 1 aromatic carbocycles. The van der Waals surface area contributed by atoms with Crippen molar-refractivity contribution in [2.45, 2.75) is 39.0 Å². The molecule has 1 aliphatic rings. The molecule has 1 aromatic rings. The van der Waals surface area contributed by atoms with E-state index in [4.69, 9.17) is 9.47 Å². The van der Waals surface area contributed by atoms with Gasteiger partial charge in [-0.3, -0.25) is 0 Å². The van der Waals surface area contributed by atoms with Gasteiger partial charge in [0.2, 0.25) is 0 Å². The van der Waals surface area contributed by atoms with Crippen LogP contribution in [0.15, 0.2) is 24.3 Å². The summed E-state index contributed by atoms with van der Waals surface area (Å²) in [4.78, 5) is 0. The first-order valence-corrected chi connectivity index (χ1v) is 7.76. The van der Waals surface area contributed by atoms with E-state index in [2.05, 4.69) is 12.2 Å². The zero-order valence-electron chi connectivity index (χ0n) is 12.8. The quantitative estimate of drug-likeness (QED) is 0.736. The minimum absolute atomic E-state index is 0.546. The summed E-state index contributed by atoms with van der Waals surface area (Å²) in [5.74, 6) is 1.62. The van der Waals surface area contributed by atoms with Crippen molar-refractivity contribution in [1.82, 2.24) is 5.32 Å². The van der Waals surface area contributed by atoms with Crippen LogP contribution in [-0.2, 0) is 0 Å². The fraction of sp³-hybridized carbons (Fsp3) is 0.647. The van der Waals surface area contributed by atoms with Gasteiger partial charge in [-0.2, -0.15) is 0 Å². The van der Waals surface area contributed by atoms with E-state index in [-0.39, 0.29) is 0 Å². The SMILES string of the molecule is CCC1(CNCCOc2ccccc2OC)CCCC1. The highest BCUT2D eigenvalue weighted by molar-refractivity contribution is 5.39. The first-order chi connectivity index (χ1) is 9.79. The molecule has 3 nitrogen and oxygen atoms in total. The van der Waals surface area contributed by atoms with E-state index in [9.17, 15) is 0 Å². The van der Waals surface area contributed by atoms with Gasteiger partial charge in [0, 0.05) is 13.1 Å². The summed E-state index contributed by atoms with van der Waals surface area (Å²) in [5, 5.41) is 3.56. The number of rotatable bonds is 8. The van der Waals surface area contributed by atoms with Gasteiger partial charge >= 0.3 is 0 Å². The molecule has 0 aliphatic heterocycles. The first-order valence-electron chi connectivity index (χ1n) is 7.76. The summed E-state index contributed by atoms with van der Waals surface area (Å²) in [6.45, 7) is 5.01. The number of ether oxygens (including phenoxy) is 2. The molecule has 3 heteroatoms. The third-order valence-corrected chi connectivity index (χ3v) is 4.52. The lowest BCUT2D eigenvalue weighted by molar-refractivity contribution is 0.247. The van der Waals surface area contributed by atoms with Gasteiger partial charge in [-0.1, -0.05) is 31.9 Å². The molecule has 0 saturated heterocycles. The van der Waals surface area contributed by atoms with Gasteiger partial charge in [0.25, 0.3) is 0 Å². The van der Waals surface area contributed by atoms with E-state index in [1.54, 1.807) is 7.11 Å². The number of methoxy groups -OCH3 is 1. The number of para-hydroxylation sites is 2. The third-order valence-electron chi connectivity index (χ3n) is 4.52. The summed E-state index contributed by atoms with van der Waals surface area (Å²) >= 11 is 0.